The molecule has 0 radical (unpaired) electrons. The Labute approximate surface area is 217 Å². The number of halogens is 1. The number of piperazine rings is 1. The fourth-order valence-electron chi connectivity index (χ4n) is 4.59. The van der Waals surface area contributed by atoms with Crippen molar-refractivity contribution in [3.63, 3.8) is 0 Å². The predicted molar refractivity (Wildman–Crippen MR) is 148 cm³/mol. The van der Waals surface area contributed by atoms with E-state index in [1.165, 1.54) is 11.3 Å². The SMILES string of the molecule is [C-]#[N+]c1cccc(CN2CCN(c3ccc(/C=C/c4cc(Cl)cc(Cn5ccnc5)c4)cc3)CC2)c1. The molecule has 0 spiro atoms. The Bertz CT molecular complexity index is 1360. The van der Waals surface area contributed by atoms with E-state index in [0.717, 1.165) is 61.0 Å². The van der Waals surface area contributed by atoms with Crippen molar-refractivity contribution in [2.75, 3.05) is 31.1 Å². The van der Waals surface area contributed by atoms with Crippen LogP contribution in [-0.2, 0) is 13.1 Å². The molecule has 1 aromatic heterocycles. The Kier molecular flexibility index (Phi) is 7.47. The molecule has 5 nitrogen and oxygen atoms in total. The maximum Gasteiger partial charge on any atom is 0.187 e. The highest BCUT2D eigenvalue weighted by Gasteiger charge is 2.17. The number of hydrogen-bond donors (Lipinski definition) is 0. The number of imidazole rings is 1. The molecule has 5 rings (SSSR count). The zero-order valence-electron chi connectivity index (χ0n) is 20.1. The van der Waals surface area contributed by atoms with Crippen LogP contribution >= 0.6 is 11.6 Å². The third-order valence-electron chi connectivity index (χ3n) is 6.45. The average Bonchev–Trinajstić information content (AvgIpc) is 3.41. The van der Waals surface area contributed by atoms with Crippen LogP contribution in [0.2, 0.25) is 5.02 Å². The highest BCUT2D eigenvalue weighted by molar-refractivity contribution is 6.30. The van der Waals surface area contributed by atoms with Crippen LogP contribution in [-0.4, -0.2) is 40.6 Å². The molecule has 0 amide bonds. The fourth-order valence-corrected chi connectivity index (χ4v) is 4.86. The second-order valence-electron chi connectivity index (χ2n) is 9.10. The van der Waals surface area contributed by atoms with Gasteiger partial charge >= 0.3 is 0 Å². The van der Waals surface area contributed by atoms with E-state index >= 15 is 0 Å². The van der Waals surface area contributed by atoms with Gasteiger partial charge in [0.1, 0.15) is 0 Å². The summed E-state index contributed by atoms with van der Waals surface area (Å²) in [5.41, 5.74) is 6.57. The summed E-state index contributed by atoms with van der Waals surface area (Å²) in [6.45, 7) is 12.9. The summed E-state index contributed by atoms with van der Waals surface area (Å²) in [6, 6.07) is 22.8. The van der Waals surface area contributed by atoms with Crippen LogP contribution in [0.1, 0.15) is 22.3 Å². The molecule has 0 bridgehead atoms. The van der Waals surface area contributed by atoms with Gasteiger partial charge in [-0.3, -0.25) is 4.90 Å². The smallest absolute Gasteiger partial charge is 0.187 e. The van der Waals surface area contributed by atoms with Crippen LogP contribution in [0.5, 0.6) is 0 Å². The minimum absolute atomic E-state index is 0.713. The second-order valence-corrected chi connectivity index (χ2v) is 9.53. The van der Waals surface area contributed by atoms with Crippen LogP contribution in [0.25, 0.3) is 17.0 Å². The molecule has 1 aliphatic heterocycles. The highest BCUT2D eigenvalue weighted by atomic mass is 35.5. The Morgan fingerprint density at radius 3 is 2.42 bits per heavy atom. The van der Waals surface area contributed by atoms with E-state index in [1.54, 1.807) is 6.20 Å². The molecule has 0 unspecified atom stereocenters. The lowest BCUT2D eigenvalue weighted by Crippen LogP contribution is -2.45. The maximum atomic E-state index is 7.21. The lowest BCUT2D eigenvalue weighted by molar-refractivity contribution is 0.250. The molecule has 6 heteroatoms. The molecule has 4 aromatic rings. The average molecular weight is 494 g/mol. The molecule has 3 aromatic carbocycles. The second kappa shape index (κ2) is 11.3. The molecule has 0 atom stereocenters. The third kappa shape index (κ3) is 6.23. The van der Waals surface area contributed by atoms with Crippen molar-refractivity contribution in [3.8, 4) is 0 Å². The van der Waals surface area contributed by atoms with E-state index in [-0.39, 0.29) is 0 Å². The van der Waals surface area contributed by atoms with E-state index in [0.29, 0.717) is 5.69 Å². The standard InChI is InChI=1S/C30H28ClN5/c1-32-29-4-2-3-26(20-29)21-34-13-15-36(16-14-34)30-9-7-24(8-10-30)5-6-25-17-27(19-28(31)18-25)22-35-12-11-33-23-35/h2-12,17-20,23H,13-16,21-22H2/b6-5+. The minimum Gasteiger partial charge on any atom is -0.369 e. The Balaban J connectivity index is 1.17. The van der Waals surface area contributed by atoms with E-state index < -0.39 is 0 Å². The summed E-state index contributed by atoms with van der Waals surface area (Å²) in [7, 11) is 0. The number of aromatic nitrogens is 2. The quantitative estimate of drug-likeness (QED) is 0.214. The third-order valence-corrected chi connectivity index (χ3v) is 6.67. The summed E-state index contributed by atoms with van der Waals surface area (Å²) in [5, 5.41) is 0.737. The molecule has 1 fully saturated rings. The number of anilines is 1. The predicted octanol–water partition coefficient (Wildman–Crippen LogP) is 6.63. The first-order valence-corrected chi connectivity index (χ1v) is 12.5. The van der Waals surface area contributed by atoms with E-state index in [9.17, 15) is 0 Å². The van der Waals surface area contributed by atoms with Gasteiger partial charge in [0, 0.05) is 62.4 Å². The van der Waals surface area contributed by atoms with Gasteiger partial charge in [-0.15, -0.1) is 0 Å². The number of benzene rings is 3. The van der Waals surface area contributed by atoms with Crippen molar-refractivity contribution in [2.45, 2.75) is 13.1 Å². The molecule has 2 heterocycles. The van der Waals surface area contributed by atoms with Crippen molar-refractivity contribution < 1.29 is 0 Å². The molecule has 36 heavy (non-hydrogen) atoms. The van der Waals surface area contributed by atoms with Crippen LogP contribution < -0.4 is 4.90 Å². The van der Waals surface area contributed by atoms with Crippen molar-refractivity contribution >= 4 is 35.1 Å². The van der Waals surface area contributed by atoms with Gasteiger partial charge in [-0.2, -0.15) is 0 Å². The lowest BCUT2D eigenvalue weighted by Gasteiger charge is -2.36. The molecule has 0 aliphatic carbocycles. The van der Waals surface area contributed by atoms with Crippen LogP contribution in [0, 0.1) is 6.57 Å². The first-order valence-electron chi connectivity index (χ1n) is 12.1. The van der Waals surface area contributed by atoms with Crippen LogP contribution in [0.4, 0.5) is 11.4 Å². The van der Waals surface area contributed by atoms with Gasteiger partial charge in [0.25, 0.3) is 0 Å². The minimum atomic E-state index is 0.713. The molecule has 1 saturated heterocycles. The topological polar surface area (TPSA) is 28.7 Å². The number of hydrogen-bond acceptors (Lipinski definition) is 3. The number of rotatable bonds is 7. The van der Waals surface area contributed by atoms with Gasteiger partial charge in [-0.05, 0) is 52.6 Å². The zero-order valence-corrected chi connectivity index (χ0v) is 20.9. The van der Waals surface area contributed by atoms with Gasteiger partial charge in [0.05, 0.1) is 12.9 Å². The summed E-state index contributed by atoms with van der Waals surface area (Å²) < 4.78 is 2.03. The van der Waals surface area contributed by atoms with E-state index in [4.69, 9.17) is 18.2 Å². The molecule has 0 N–H and O–H groups in total. The zero-order chi connectivity index (χ0) is 24.7. The molecule has 1 aliphatic rings. The normalized spacial score (nSPS) is 14.3. The van der Waals surface area contributed by atoms with Crippen LogP contribution in [0.3, 0.4) is 0 Å². The van der Waals surface area contributed by atoms with Gasteiger partial charge < -0.3 is 9.47 Å². The van der Waals surface area contributed by atoms with Crippen molar-refractivity contribution in [2.24, 2.45) is 0 Å². The van der Waals surface area contributed by atoms with Gasteiger partial charge in [-0.25, -0.2) is 9.83 Å². The van der Waals surface area contributed by atoms with Gasteiger partial charge in [-0.1, -0.05) is 60.2 Å². The van der Waals surface area contributed by atoms with Crippen molar-refractivity contribution in [1.29, 1.82) is 0 Å². The van der Waals surface area contributed by atoms with E-state index in [1.807, 2.05) is 47.4 Å². The van der Waals surface area contributed by atoms with Crippen molar-refractivity contribution in [3.05, 3.63) is 124 Å². The van der Waals surface area contributed by atoms with Gasteiger partial charge in [0.2, 0.25) is 0 Å². The summed E-state index contributed by atoms with van der Waals surface area (Å²) in [5.74, 6) is 0. The van der Waals surface area contributed by atoms with Crippen LogP contribution in [0.15, 0.2) is 85.5 Å². The monoisotopic (exact) mass is 493 g/mol. The highest BCUT2D eigenvalue weighted by Crippen LogP contribution is 2.22. The summed E-state index contributed by atoms with van der Waals surface area (Å²) in [4.78, 5) is 12.6. The van der Waals surface area contributed by atoms with E-state index in [2.05, 4.69) is 68.2 Å². The number of nitrogens with zero attached hydrogens (tertiary/aromatic N) is 5. The summed E-state index contributed by atoms with van der Waals surface area (Å²) >= 11 is 6.37. The summed E-state index contributed by atoms with van der Waals surface area (Å²) in [6.07, 6.45) is 9.79. The maximum absolute atomic E-state index is 7.21. The Morgan fingerprint density at radius 1 is 0.861 bits per heavy atom. The van der Waals surface area contributed by atoms with Gasteiger partial charge in [0.15, 0.2) is 5.69 Å². The first-order chi connectivity index (χ1) is 17.6. The molecule has 0 saturated carbocycles. The first kappa shape index (κ1) is 23.9. The molecular weight excluding hydrogens is 466 g/mol. The lowest BCUT2D eigenvalue weighted by atomic mass is 10.1. The van der Waals surface area contributed by atoms with Crippen molar-refractivity contribution in [1.82, 2.24) is 14.5 Å². The molecule has 180 valence electrons. The Morgan fingerprint density at radius 2 is 1.67 bits per heavy atom. The molecular formula is C30H28ClN5. The Hall–Kier alpha value is -3.85. The largest absolute Gasteiger partial charge is 0.369 e. The fraction of sp³-hybridized carbons (Fsp3) is 0.200.